The quantitative estimate of drug-likeness (QED) is 0.856. The third-order valence-corrected chi connectivity index (χ3v) is 4.75. The first-order chi connectivity index (χ1) is 9.65. The van der Waals surface area contributed by atoms with Crippen molar-refractivity contribution in [3.05, 3.63) is 29.6 Å². The summed E-state index contributed by atoms with van der Waals surface area (Å²) >= 11 is 0. The fourth-order valence-corrected chi connectivity index (χ4v) is 3.24. The van der Waals surface area contributed by atoms with E-state index >= 15 is 0 Å². The van der Waals surface area contributed by atoms with E-state index in [2.05, 4.69) is 17.1 Å². The molecule has 110 valence electrons. The summed E-state index contributed by atoms with van der Waals surface area (Å²) < 4.78 is 14.1. The summed E-state index contributed by atoms with van der Waals surface area (Å²) in [5.41, 5.74) is 1.13. The largest absolute Gasteiger partial charge is 0.437 e. The summed E-state index contributed by atoms with van der Waals surface area (Å²) in [6.45, 7) is 5.53. The first-order valence-electron chi connectivity index (χ1n) is 7.66. The highest BCUT2D eigenvalue weighted by Crippen LogP contribution is 2.48. The second kappa shape index (κ2) is 5.34. The molecule has 0 aromatic heterocycles. The Labute approximate surface area is 119 Å². The van der Waals surface area contributed by atoms with E-state index in [4.69, 9.17) is 5.11 Å². The average Bonchev–Trinajstić information content (AvgIpc) is 3.33. The number of hydrogen-bond donors (Lipinski definition) is 1. The van der Waals surface area contributed by atoms with E-state index in [9.17, 15) is 4.39 Å². The van der Waals surface area contributed by atoms with Gasteiger partial charge in [0, 0.05) is 44.1 Å². The highest BCUT2D eigenvalue weighted by atomic mass is 19.1. The van der Waals surface area contributed by atoms with E-state index in [1.807, 2.05) is 12.1 Å². The summed E-state index contributed by atoms with van der Waals surface area (Å²) in [4.78, 5) is 2.10. The Bertz CT molecular complexity index is 483. The maximum Gasteiger partial charge on any atom is 0.192 e. The number of rotatable bonds is 4. The van der Waals surface area contributed by atoms with Gasteiger partial charge in [0.25, 0.3) is 0 Å². The molecule has 3 rings (SSSR count). The van der Waals surface area contributed by atoms with Gasteiger partial charge in [0.2, 0.25) is 0 Å². The Kier molecular flexibility index (Phi) is 3.69. The minimum absolute atomic E-state index is 0.162. The molecule has 3 N–H and O–H groups in total. The van der Waals surface area contributed by atoms with E-state index < -0.39 is 5.60 Å². The number of hydrogen-bond acceptors (Lipinski definition) is 2. The maximum absolute atomic E-state index is 14.1. The molecule has 2 fully saturated rings. The summed E-state index contributed by atoms with van der Waals surface area (Å²) in [5, 5.41) is 12.0. The van der Waals surface area contributed by atoms with Crippen molar-refractivity contribution >= 4 is 5.69 Å². The van der Waals surface area contributed by atoms with Gasteiger partial charge in [0.1, 0.15) is 5.82 Å². The SMILES string of the molecule is CCC([OH2+])(c1ccc(F)c(N2CCNCC2)c1)C1CC1. The van der Waals surface area contributed by atoms with Gasteiger partial charge in [-0.25, -0.2) is 4.39 Å². The van der Waals surface area contributed by atoms with Gasteiger partial charge in [0.15, 0.2) is 5.60 Å². The van der Waals surface area contributed by atoms with Gasteiger partial charge in [-0.1, -0.05) is 6.92 Å². The number of nitrogens with one attached hydrogen (secondary N) is 1. The average molecular weight is 279 g/mol. The van der Waals surface area contributed by atoms with Crippen molar-refractivity contribution < 1.29 is 9.50 Å². The van der Waals surface area contributed by atoms with Crippen molar-refractivity contribution in [2.24, 2.45) is 5.92 Å². The molecule has 1 unspecified atom stereocenters. The van der Waals surface area contributed by atoms with Crippen LogP contribution in [-0.2, 0) is 5.60 Å². The molecule has 1 heterocycles. The number of piperazine rings is 1. The zero-order valence-electron chi connectivity index (χ0n) is 12.1. The molecule has 1 atom stereocenters. The minimum Gasteiger partial charge on any atom is -0.437 e. The van der Waals surface area contributed by atoms with Crippen LogP contribution in [0.1, 0.15) is 31.7 Å². The fourth-order valence-electron chi connectivity index (χ4n) is 3.24. The lowest BCUT2D eigenvalue weighted by molar-refractivity contribution is 0.00888. The van der Waals surface area contributed by atoms with Crippen LogP contribution in [-0.4, -0.2) is 31.3 Å². The predicted octanol–water partition coefficient (Wildman–Crippen LogP) is 1.98. The predicted molar refractivity (Wildman–Crippen MR) is 79.8 cm³/mol. The zero-order chi connectivity index (χ0) is 14.2. The van der Waals surface area contributed by atoms with Crippen LogP contribution in [0.25, 0.3) is 0 Å². The number of anilines is 1. The van der Waals surface area contributed by atoms with Crippen molar-refractivity contribution in [2.75, 3.05) is 31.1 Å². The van der Waals surface area contributed by atoms with E-state index in [0.29, 0.717) is 11.6 Å². The topological polar surface area (TPSA) is 38.2 Å². The van der Waals surface area contributed by atoms with Gasteiger partial charge in [-0.05, 0) is 31.0 Å². The molecule has 1 aromatic carbocycles. The summed E-state index contributed by atoms with van der Waals surface area (Å²) in [6.07, 6.45) is 3.07. The van der Waals surface area contributed by atoms with E-state index in [1.165, 1.54) is 0 Å². The first-order valence-corrected chi connectivity index (χ1v) is 7.66. The smallest absolute Gasteiger partial charge is 0.192 e. The van der Waals surface area contributed by atoms with Crippen molar-refractivity contribution in [1.29, 1.82) is 0 Å². The molecular formula is C16H24FN2O+. The lowest BCUT2D eigenvalue weighted by atomic mass is 9.86. The van der Waals surface area contributed by atoms with Crippen LogP contribution in [0.2, 0.25) is 0 Å². The van der Waals surface area contributed by atoms with Crippen LogP contribution < -0.4 is 10.2 Å². The van der Waals surface area contributed by atoms with Gasteiger partial charge in [-0.2, -0.15) is 0 Å². The molecule has 20 heavy (non-hydrogen) atoms. The third-order valence-electron chi connectivity index (χ3n) is 4.75. The van der Waals surface area contributed by atoms with E-state index in [1.54, 1.807) is 6.07 Å². The van der Waals surface area contributed by atoms with Gasteiger partial charge in [-0.15, -0.1) is 0 Å². The Balaban J connectivity index is 1.93. The molecule has 1 saturated carbocycles. The molecule has 0 bridgehead atoms. The van der Waals surface area contributed by atoms with Crippen molar-refractivity contribution in [3.8, 4) is 0 Å². The van der Waals surface area contributed by atoms with Gasteiger partial charge in [0.05, 0.1) is 5.69 Å². The van der Waals surface area contributed by atoms with Crippen LogP contribution in [0.5, 0.6) is 0 Å². The molecule has 3 nitrogen and oxygen atoms in total. The molecule has 1 aromatic rings. The standard InChI is InChI=1S/C16H23FN2O/c1-2-16(20,12-3-4-12)13-5-6-14(17)15(11-13)19-9-7-18-8-10-19/h5-6,11-12,18,20H,2-4,7-10H2,1H3/p+1. The molecule has 2 aliphatic rings. The van der Waals surface area contributed by atoms with Gasteiger partial charge < -0.3 is 15.3 Å². The molecule has 0 amide bonds. The fraction of sp³-hybridized carbons (Fsp3) is 0.625. The van der Waals surface area contributed by atoms with Crippen molar-refractivity contribution in [1.82, 2.24) is 5.32 Å². The Morgan fingerprint density at radius 2 is 2.05 bits per heavy atom. The number of benzene rings is 1. The zero-order valence-corrected chi connectivity index (χ0v) is 12.1. The number of halogens is 1. The highest BCUT2D eigenvalue weighted by Gasteiger charge is 2.48. The van der Waals surface area contributed by atoms with Crippen LogP contribution in [0.15, 0.2) is 18.2 Å². The van der Waals surface area contributed by atoms with E-state index in [-0.39, 0.29) is 5.82 Å². The maximum atomic E-state index is 14.1. The second-order valence-corrected chi connectivity index (χ2v) is 6.00. The molecule has 1 aliphatic carbocycles. The first kappa shape index (κ1) is 13.8. The third kappa shape index (κ3) is 2.42. The van der Waals surface area contributed by atoms with Crippen LogP contribution in [0.3, 0.4) is 0 Å². The summed E-state index contributed by atoms with van der Waals surface area (Å²) in [6, 6.07) is 5.29. The number of nitrogens with zero attached hydrogens (tertiary/aromatic N) is 1. The van der Waals surface area contributed by atoms with Gasteiger partial charge in [-0.3, -0.25) is 0 Å². The minimum atomic E-state index is -0.531. The van der Waals surface area contributed by atoms with Crippen LogP contribution >= 0.6 is 0 Å². The molecule has 1 aliphatic heterocycles. The molecular weight excluding hydrogens is 255 g/mol. The monoisotopic (exact) mass is 279 g/mol. The van der Waals surface area contributed by atoms with Crippen LogP contribution in [0, 0.1) is 11.7 Å². The lowest BCUT2D eigenvalue weighted by Gasteiger charge is -2.31. The van der Waals surface area contributed by atoms with Crippen molar-refractivity contribution in [2.45, 2.75) is 31.8 Å². The molecule has 1 saturated heterocycles. The Morgan fingerprint density at radius 3 is 2.65 bits per heavy atom. The Morgan fingerprint density at radius 1 is 1.35 bits per heavy atom. The Hall–Kier alpha value is -1.13. The van der Waals surface area contributed by atoms with Gasteiger partial charge >= 0.3 is 0 Å². The molecule has 0 spiro atoms. The lowest BCUT2D eigenvalue weighted by Crippen LogP contribution is -2.44. The highest BCUT2D eigenvalue weighted by molar-refractivity contribution is 5.52. The van der Waals surface area contributed by atoms with Crippen LogP contribution in [0.4, 0.5) is 10.1 Å². The molecule has 0 radical (unpaired) electrons. The second-order valence-electron chi connectivity index (χ2n) is 6.00. The van der Waals surface area contributed by atoms with E-state index in [0.717, 1.165) is 51.0 Å². The summed E-state index contributed by atoms with van der Waals surface area (Å²) in [7, 11) is 0. The normalized spacial score (nSPS) is 22.6. The molecule has 4 heteroatoms. The summed E-state index contributed by atoms with van der Waals surface area (Å²) in [5.74, 6) is 0.290. The van der Waals surface area contributed by atoms with Crippen molar-refractivity contribution in [3.63, 3.8) is 0 Å².